The maximum Gasteiger partial charge on any atom is 0.416 e. The highest BCUT2D eigenvalue weighted by atomic mass is 19.4. The first-order valence-corrected chi connectivity index (χ1v) is 8.63. The van der Waals surface area contributed by atoms with E-state index >= 15 is 0 Å². The van der Waals surface area contributed by atoms with E-state index in [1.807, 2.05) is 30.3 Å². The molecule has 0 bridgehead atoms. The van der Waals surface area contributed by atoms with Crippen molar-refractivity contribution in [3.05, 3.63) is 66.2 Å². The fourth-order valence-electron chi connectivity index (χ4n) is 2.66. The lowest BCUT2D eigenvalue weighted by molar-refractivity contribution is -0.137. The maximum absolute atomic E-state index is 12.9. The highest BCUT2D eigenvalue weighted by Crippen LogP contribution is 2.32. The Balaban J connectivity index is 1.67. The van der Waals surface area contributed by atoms with Crippen molar-refractivity contribution in [3.63, 3.8) is 0 Å². The zero-order chi connectivity index (χ0) is 18.9. The Kier molecular flexibility index (Phi) is 4.43. The summed E-state index contributed by atoms with van der Waals surface area (Å²) in [5, 5.41) is 6.22. The highest BCUT2D eigenvalue weighted by molar-refractivity contribution is 5.67. The topological polar surface area (TPSA) is 49.8 Å². The fourth-order valence-corrected chi connectivity index (χ4v) is 2.66. The lowest BCUT2D eigenvalue weighted by atomic mass is 10.1. The van der Waals surface area contributed by atoms with Crippen molar-refractivity contribution in [2.24, 2.45) is 0 Å². The second-order valence-corrected chi connectivity index (χ2v) is 6.45. The Hall–Kier alpha value is -3.09. The van der Waals surface area contributed by atoms with Gasteiger partial charge in [-0.2, -0.15) is 18.2 Å². The van der Waals surface area contributed by atoms with Crippen molar-refractivity contribution in [3.8, 4) is 11.3 Å². The summed E-state index contributed by atoms with van der Waals surface area (Å²) < 4.78 is 38.8. The Labute approximate surface area is 154 Å². The van der Waals surface area contributed by atoms with Crippen LogP contribution in [-0.2, 0) is 6.18 Å². The van der Waals surface area contributed by atoms with Gasteiger partial charge < -0.3 is 10.6 Å². The molecule has 3 aromatic rings. The van der Waals surface area contributed by atoms with Gasteiger partial charge in [-0.15, -0.1) is 0 Å². The molecule has 1 heterocycles. The average molecular weight is 370 g/mol. The molecular weight excluding hydrogens is 353 g/mol. The summed E-state index contributed by atoms with van der Waals surface area (Å²) in [5.41, 5.74) is 1.22. The van der Waals surface area contributed by atoms with Gasteiger partial charge in [0.25, 0.3) is 0 Å². The lowest BCUT2D eigenvalue weighted by Crippen LogP contribution is -2.08. The standard InChI is InChI=1S/C20H17F3N4/c21-20(22,23)14-7-4-8-16(11-14)24-18-12-17(13-5-2-1-3-6-13)26-19(27-18)25-15-9-10-15/h1-8,11-12,15H,9-10H2,(H2,24,25,26,27). The molecule has 1 aliphatic rings. The quantitative estimate of drug-likeness (QED) is 0.624. The Morgan fingerprint density at radius 1 is 0.889 bits per heavy atom. The second kappa shape index (κ2) is 6.90. The van der Waals surface area contributed by atoms with Gasteiger partial charge in [0, 0.05) is 23.4 Å². The molecule has 0 spiro atoms. The third-order valence-electron chi connectivity index (χ3n) is 4.17. The smallest absolute Gasteiger partial charge is 0.351 e. The normalized spacial score (nSPS) is 14.0. The molecule has 138 valence electrons. The molecule has 1 aromatic heterocycles. The molecule has 0 atom stereocenters. The van der Waals surface area contributed by atoms with Crippen LogP contribution in [0, 0.1) is 0 Å². The van der Waals surface area contributed by atoms with E-state index in [1.54, 1.807) is 12.1 Å². The molecule has 0 amide bonds. The third-order valence-corrected chi connectivity index (χ3v) is 4.17. The van der Waals surface area contributed by atoms with Crippen LogP contribution in [0.5, 0.6) is 0 Å². The largest absolute Gasteiger partial charge is 0.416 e. The summed E-state index contributed by atoms with van der Waals surface area (Å²) in [7, 11) is 0. The number of nitrogens with one attached hydrogen (secondary N) is 2. The predicted molar refractivity (Wildman–Crippen MR) is 98.8 cm³/mol. The minimum absolute atomic E-state index is 0.319. The van der Waals surface area contributed by atoms with Crippen LogP contribution in [0.1, 0.15) is 18.4 Å². The molecule has 27 heavy (non-hydrogen) atoms. The van der Waals surface area contributed by atoms with E-state index in [0.717, 1.165) is 30.5 Å². The number of alkyl halides is 3. The molecule has 1 aliphatic carbocycles. The zero-order valence-corrected chi connectivity index (χ0v) is 14.3. The summed E-state index contributed by atoms with van der Waals surface area (Å²) in [6.07, 6.45) is -2.26. The van der Waals surface area contributed by atoms with E-state index in [4.69, 9.17) is 0 Å². The van der Waals surface area contributed by atoms with Gasteiger partial charge >= 0.3 is 6.18 Å². The monoisotopic (exact) mass is 370 g/mol. The van der Waals surface area contributed by atoms with Crippen molar-refractivity contribution >= 4 is 17.5 Å². The van der Waals surface area contributed by atoms with Gasteiger partial charge in [-0.1, -0.05) is 36.4 Å². The molecule has 1 saturated carbocycles. The summed E-state index contributed by atoms with van der Waals surface area (Å²) >= 11 is 0. The van der Waals surface area contributed by atoms with Gasteiger partial charge in [0.05, 0.1) is 11.3 Å². The second-order valence-electron chi connectivity index (χ2n) is 6.45. The predicted octanol–water partition coefficient (Wildman–Crippen LogP) is 5.48. The van der Waals surface area contributed by atoms with Crippen molar-refractivity contribution in [1.29, 1.82) is 0 Å². The minimum Gasteiger partial charge on any atom is -0.351 e. The fraction of sp³-hybridized carbons (Fsp3) is 0.200. The molecule has 0 radical (unpaired) electrons. The van der Waals surface area contributed by atoms with Gasteiger partial charge in [0.2, 0.25) is 5.95 Å². The number of nitrogens with zero attached hydrogens (tertiary/aromatic N) is 2. The first kappa shape index (κ1) is 17.3. The van der Waals surface area contributed by atoms with E-state index in [9.17, 15) is 13.2 Å². The van der Waals surface area contributed by atoms with Crippen molar-refractivity contribution < 1.29 is 13.2 Å². The molecule has 0 aliphatic heterocycles. The van der Waals surface area contributed by atoms with Gasteiger partial charge in [-0.3, -0.25) is 0 Å². The van der Waals surface area contributed by atoms with Gasteiger partial charge in [0.15, 0.2) is 0 Å². The number of rotatable bonds is 5. The lowest BCUT2D eigenvalue weighted by Gasteiger charge is -2.13. The van der Waals surface area contributed by atoms with Crippen molar-refractivity contribution in [2.75, 3.05) is 10.6 Å². The van der Waals surface area contributed by atoms with Crippen LogP contribution in [0.2, 0.25) is 0 Å². The molecule has 2 aromatic carbocycles. The van der Waals surface area contributed by atoms with E-state index in [-0.39, 0.29) is 0 Å². The summed E-state index contributed by atoms with van der Waals surface area (Å²) in [5.74, 6) is 0.902. The molecule has 7 heteroatoms. The molecule has 0 saturated heterocycles. The zero-order valence-electron chi connectivity index (χ0n) is 14.3. The molecule has 2 N–H and O–H groups in total. The van der Waals surface area contributed by atoms with Crippen molar-refractivity contribution in [2.45, 2.75) is 25.1 Å². The van der Waals surface area contributed by atoms with E-state index in [2.05, 4.69) is 20.6 Å². The number of anilines is 3. The first-order chi connectivity index (χ1) is 13.0. The van der Waals surface area contributed by atoms with Crippen LogP contribution in [0.15, 0.2) is 60.7 Å². The van der Waals surface area contributed by atoms with Crippen LogP contribution < -0.4 is 10.6 Å². The van der Waals surface area contributed by atoms with Crippen LogP contribution in [0.3, 0.4) is 0 Å². The van der Waals surface area contributed by atoms with Crippen LogP contribution in [-0.4, -0.2) is 16.0 Å². The summed E-state index contributed by atoms with van der Waals surface area (Å²) in [6.45, 7) is 0. The van der Waals surface area contributed by atoms with Gasteiger partial charge in [-0.05, 0) is 31.0 Å². The number of hydrogen-bond donors (Lipinski definition) is 2. The highest BCUT2D eigenvalue weighted by Gasteiger charge is 2.30. The SMILES string of the molecule is FC(F)(F)c1cccc(Nc2cc(-c3ccccc3)nc(NC3CC3)n2)c1. The molecule has 0 unspecified atom stereocenters. The molecule has 1 fully saturated rings. The van der Waals surface area contributed by atoms with Crippen LogP contribution in [0.25, 0.3) is 11.3 Å². The van der Waals surface area contributed by atoms with E-state index in [0.29, 0.717) is 29.2 Å². The van der Waals surface area contributed by atoms with E-state index < -0.39 is 11.7 Å². The number of hydrogen-bond acceptors (Lipinski definition) is 4. The Bertz CT molecular complexity index is 937. The molecule has 4 nitrogen and oxygen atoms in total. The third kappa shape index (κ3) is 4.36. The molecule has 4 rings (SSSR count). The minimum atomic E-state index is -4.39. The summed E-state index contributed by atoms with van der Waals surface area (Å²) in [6, 6.07) is 16.7. The Morgan fingerprint density at radius 3 is 2.37 bits per heavy atom. The van der Waals surface area contributed by atoms with Crippen LogP contribution in [0.4, 0.5) is 30.6 Å². The van der Waals surface area contributed by atoms with E-state index in [1.165, 1.54) is 6.07 Å². The molecular formula is C20H17F3N4. The van der Waals surface area contributed by atoms with Crippen LogP contribution >= 0.6 is 0 Å². The van der Waals surface area contributed by atoms with Crippen molar-refractivity contribution in [1.82, 2.24) is 9.97 Å². The first-order valence-electron chi connectivity index (χ1n) is 8.63. The van der Waals surface area contributed by atoms with Gasteiger partial charge in [0.1, 0.15) is 5.82 Å². The maximum atomic E-state index is 12.9. The summed E-state index contributed by atoms with van der Waals surface area (Å²) in [4.78, 5) is 8.95. The number of halogens is 3. The average Bonchev–Trinajstić information content (AvgIpc) is 3.46. The number of aromatic nitrogens is 2. The number of benzene rings is 2. The van der Waals surface area contributed by atoms with Gasteiger partial charge in [-0.25, -0.2) is 4.98 Å². The Morgan fingerprint density at radius 2 is 1.67 bits per heavy atom.